The van der Waals surface area contributed by atoms with Gasteiger partial charge in [-0.05, 0) is 31.2 Å². The molecule has 1 N–H and O–H groups in total. The summed E-state index contributed by atoms with van der Waals surface area (Å²) in [5.41, 5.74) is -1.32. The molecule has 9 heteroatoms. The first kappa shape index (κ1) is 21.1. The average molecular weight is 397 g/mol. The van der Waals surface area contributed by atoms with Crippen molar-refractivity contribution < 1.29 is 37.0 Å². The summed E-state index contributed by atoms with van der Waals surface area (Å²) in [5, 5.41) is 9.05. The molecular formula is C19H18F3NO5. The van der Waals surface area contributed by atoms with Gasteiger partial charge in [0.25, 0.3) is 5.91 Å². The highest BCUT2D eigenvalue weighted by Gasteiger charge is 2.32. The van der Waals surface area contributed by atoms with Crippen molar-refractivity contribution in [2.24, 2.45) is 0 Å². The van der Waals surface area contributed by atoms with Crippen molar-refractivity contribution in [3.63, 3.8) is 0 Å². The van der Waals surface area contributed by atoms with Crippen LogP contribution < -0.4 is 4.74 Å². The third kappa shape index (κ3) is 4.73. The van der Waals surface area contributed by atoms with Crippen LogP contribution in [0, 0.1) is 6.92 Å². The molecule has 0 spiro atoms. The van der Waals surface area contributed by atoms with Crippen molar-refractivity contribution in [1.82, 2.24) is 4.90 Å². The van der Waals surface area contributed by atoms with Crippen LogP contribution in [0.15, 0.2) is 41.3 Å². The summed E-state index contributed by atoms with van der Waals surface area (Å²) < 4.78 is 49.7. The summed E-state index contributed by atoms with van der Waals surface area (Å²) >= 11 is 0. The summed E-state index contributed by atoms with van der Waals surface area (Å²) in [6, 6.07) is 3.88. The zero-order valence-corrected chi connectivity index (χ0v) is 15.2. The molecule has 1 amide bonds. The first-order valence-electron chi connectivity index (χ1n) is 8.07. The molecule has 0 radical (unpaired) electrons. The predicted octanol–water partition coefficient (Wildman–Crippen LogP) is 4.14. The van der Waals surface area contributed by atoms with Gasteiger partial charge in [-0.1, -0.05) is 12.7 Å². The Morgan fingerprint density at radius 2 is 1.96 bits per heavy atom. The minimum Gasteiger partial charge on any atom is -0.489 e. The molecule has 0 aliphatic rings. The van der Waals surface area contributed by atoms with Gasteiger partial charge in [0.05, 0.1) is 17.7 Å². The lowest BCUT2D eigenvalue weighted by Gasteiger charge is -2.19. The Bertz CT molecular complexity index is 901. The molecule has 0 bridgehead atoms. The SMILES string of the molecule is C=CCOc1ccc(C(F)(F)F)cc1C(=O)N(C)Cc1cc(C(=O)O)c(C)o1. The van der Waals surface area contributed by atoms with Crippen molar-refractivity contribution in [3.8, 4) is 5.75 Å². The fourth-order valence-corrected chi connectivity index (χ4v) is 2.49. The lowest BCUT2D eigenvalue weighted by atomic mass is 10.1. The molecule has 0 saturated heterocycles. The van der Waals surface area contributed by atoms with Gasteiger partial charge in [-0.2, -0.15) is 13.2 Å². The van der Waals surface area contributed by atoms with E-state index in [0.29, 0.717) is 6.07 Å². The van der Waals surface area contributed by atoms with Crippen LogP contribution in [0.4, 0.5) is 13.2 Å². The van der Waals surface area contributed by atoms with Crippen molar-refractivity contribution in [2.45, 2.75) is 19.6 Å². The fraction of sp³-hybridized carbons (Fsp3) is 0.263. The number of halogens is 3. The Labute approximate surface area is 158 Å². The van der Waals surface area contributed by atoms with Gasteiger partial charge in [-0.25, -0.2) is 4.79 Å². The van der Waals surface area contributed by atoms with Gasteiger partial charge in [0, 0.05) is 7.05 Å². The molecule has 150 valence electrons. The standard InChI is InChI=1S/C19H18F3NO5/c1-4-7-27-16-6-5-12(19(20,21)22)8-15(16)17(24)23(3)10-13-9-14(18(25)26)11(2)28-13/h4-6,8-9H,1,7,10H2,2-3H3,(H,25,26). The molecule has 0 unspecified atom stereocenters. The van der Waals surface area contributed by atoms with Crippen LogP contribution in [0.3, 0.4) is 0 Å². The van der Waals surface area contributed by atoms with Crippen molar-refractivity contribution in [1.29, 1.82) is 0 Å². The van der Waals surface area contributed by atoms with E-state index < -0.39 is 23.6 Å². The van der Waals surface area contributed by atoms with Crippen molar-refractivity contribution >= 4 is 11.9 Å². The van der Waals surface area contributed by atoms with E-state index in [1.165, 1.54) is 26.1 Å². The molecule has 0 atom stereocenters. The zero-order valence-electron chi connectivity index (χ0n) is 15.2. The molecule has 0 saturated carbocycles. The summed E-state index contributed by atoms with van der Waals surface area (Å²) in [7, 11) is 1.36. The van der Waals surface area contributed by atoms with Crippen LogP contribution in [0.5, 0.6) is 5.75 Å². The summed E-state index contributed by atoms with van der Waals surface area (Å²) in [4.78, 5) is 24.9. The maximum absolute atomic E-state index is 13.0. The zero-order chi connectivity index (χ0) is 21.1. The third-order valence-corrected chi connectivity index (χ3v) is 3.83. The topological polar surface area (TPSA) is 80.0 Å². The molecule has 0 aliphatic carbocycles. The van der Waals surface area contributed by atoms with Crippen LogP contribution in [0.25, 0.3) is 0 Å². The molecule has 6 nitrogen and oxygen atoms in total. The van der Waals surface area contributed by atoms with Crippen LogP contribution in [0.2, 0.25) is 0 Å². The minimum atomic E-state index is -4.63. The molecule has 1 heterocycles. The number of benzene rings is 1. The summed E-state index contributed by atoms with van der Waals surface area (Å²) in [5.74, 6) is -1.59. The molecule has 28 heavy (non-hydrogen) atoms. The third-order valence-electron chi connectivity index (χ3n) is 3.83. The smallest absolute Gasteiger partial charge is 0.416 e. The van der Waals surface area contributed by atoms with E-state index in [1.54, 1.807) is 0 Å². The van der Waals surface area contributed by atoms with Crippen LogP contribution >= 0.6 is 0 Å². The number of alkyl halides is 3. The number of carboxylic acids is 1. The quantitative estimate of drug-likeness (QED) is 0.711. The predicted molar refractivity (Wildman–Crippen MR) is 93.3 cm³/mol. The number of carboxylic acid groups (broad SMARTS) is 1. The maximum Gasteiger partial charge on any atom is 0.416 e. The van der Waals surface area contributed by atoms with E-state index in [1.807, 2.05) is 0 Å². The number of aromatic carboxylic acids is 1. The van der Waals surface area contributed by atoms with Crippen LogP contribution in [0.1, 0.15) is 37.8 Å². The number of hydrogen-bond donors (Lipinski definition) is 1. The van der Waals surface area contributed by atoms with Crippen molar-refractivity contribution in [3.05, 3.63) is 65.1 Å². The normalized spacial score (nSPS) is 11.2. The van der Waals surface area contributed by atoms with E-state index in [-0.39, 0.29) is 41.5 Å². The lowest BCUT2D eigenvalue weighted by Crippen LogP contribution is -2.27. The highest BCUT2D eigenvalue weighted by atomic mass is 19.4. The minimum absolute atomic E-state index is 0.00864. The molecule has 1 aromatic carbocycles. The Balaban J connectivity index is 2.33. The molecule has 2 rings (SSSR count). The number of hydrogen-bond acceptors (Lipinski definition) is 4. The number of ether oxygens (including phenoxy) is 1. The number of aryl methyl sites for hydroxylation is 1. The van der Waals surface area contributed by atoms with Crippen LogP contribution in [-0.2, 0) is 12.7 Å². The second-order valence-electron chi connectivity index (χ2n) is 5.96. The van der Waals surface area contributed by atoms with E-state index >= 15 is 0 Å². The highest BCUT2D eigenvalue weighted by molar-refractivity contribution is 5.97. The number of amides is 1. The molecular weight excluding hydrogens is 379 g/mol. The number of carbonyl (C=O) groups is 2. The second kappa shape index (κ2) is 8.20. The van der Waals surface area contributed by atoms with Crippen molar-refractivity contribution in [2.75, 3.05) is 13.7 Å². The molecule has 1 aromatic heterocycles. The van der Waals surface area contributed by atoms with E-state index in [9.17, 15) is 22.8 Å². The van der Waals surface area contributed by atoms with Gasteiger partial charge in [0.1, 0.15) is 29.4 Å². The van der Waals surface area contributed by atoms with E-state index in [4.69, 9.17) is 14.3 Å². The number of rotatable bonds is 7. The fourth-order valence-electron chi connectivity index (χ4n) is 2.49. The monoisotopic (exact) mass is 397 g/mol. The van der Waals surface area contributed by atoms with Gasteiger partial charge >= 0.3 is 12.1 Å². The average Bonchev–Trinajstić information content (AvgIpc) is 2.98. The number of nitrogens with zero attached hydrogens (tertiary/aromatic N) is 1. The first-order chi connectivity index (χ1) is 13.0. The largest absolute Gasteiger partial charge is 0.489 e. The lowest BCUT2D eigenvalue weighted by molar-refractivity contribution is -0.137. The Hall–Kier alpha value is -3.23. The van der Waals surface area contributed by atoms with Gasteiger partial charge in [-0.3, -0.25) is 4.79 Å². The number of furan rings is 1. The summed E-state index contributed by atoms with van der Waals surface area (Å²) in [6.45, 7) is 4.80. The van der Waals surface area contributed by atoms with Gasteiger partial charge in [0.2, 0.25) is 0 Å². The molecule has 2 aromatic rings. The van der Waals surface area contributed by atoms with Gasteiger partial charge in [0.15, 0.2) is 0 Å². The summed E-state index contributed by atoms with van der Waals surface area (Å²) in [6.07, 6.45) is -3.23. The molecule has 0 aliphatic heterocycles. The van der Waals surface area contributed by atoms with Crippen LogP contribution in [-0.4, -0.2) is 35.5 Å². The van der Waals surface area contributed by atoms with Gasteiger partial charge < -0.3 is 19.2 Å². The molecule has 0 fully saturated rings. The Kier molecular flexibility index (Phi) is 6.17. The van der Waals surface area contributed by atoms with E-state index in [2.05, 4.69) is 6.58 Å². The van der Waals surface area contributed by atoms with Gasteiger partial charge in [-0.15, -0.1) is 0 Å². The number of carbonyl (C=O) groups excluding carboxylic acids is 1. The Morgan fingerprint density at radius 1 is 1.29 bits per heavy atom. The second-order valence-corrected chi connectivity index (χ2v) is 5.96. The highest BCUT2D eigenvalue weighted by Crippen LogP contribution is 2.33. The van der Waals surface area contributed by atoms with E-state index in [0.717, 1.165) is 17.0 Å². The first-order valence-corrected chi connectivity index (χ1v) is 8.07. The maximum atomic E-state index is 13.0. The Morgan fingerprint density at radius 3 is 2.50 bits per heavy atom.